The van der Waals surface area contributed by atoms with Crippen LogP contribution in [0.3, 0.4) is 0 Å². The molecule has 1 unspecified atom stereocenters. The van der Waals surface area contributed by atoms with E-state index >= 15 is 0 Å². The lowest BCUT2D eigenvalue weighted by Gasteiger charge is -2.27. The maximum atomic E-state index is 13.0. The van der Waals surface area contributed by atoms with Gasteiger partial charge in [-0.2, -0.15) is 0 Å². The Hall–Kier alpha value is -1.69. The number of benzene rings is 1. The molecule has 1 atom stereocenters. The third-order valence-electron chi connectivity index (χ3n) is 2.67. The van der Waals surface area contributed by atoms with Gasteiger partial charge in [-0.1, -0.05) is 6.92 Å². The van der Waals surface area contributed by atoms with Crippen LogP contribution in [0.4, 0.5) is 8.78 Å². The SMILES string of the molecule is CCCNC(C)(COc1cc(F)cc(F)c1)C(N)=O. The topological polar surface area (TPSA) is 64.3 Å². The number of nitrogens with two attached hydrogens (primary N) is 1. The van der Waals surface area contributed by atoms with Gasteiger partial charge in [-0.25, -0.2) is 8.78 Å². The van der Waals surface area contributed by atoms with Crippen molar-refractivity contribution in [2.45, 2.75) is 25.8 Å². The molecule has 0 aliphatic rings. The third-order valence-corrected chi connectivity index (χ3v) is 2.67. The van der Waals surface area contributed by atoms with Crippen molar-refractivity contribution in [3.63, 3.8) is 0 Å². The Morgan fingerprint density at radius 1 is 1.37 bits per heavy atom. The molecular formula is C13H18F2N2O2. The van der Waals surface area contributed by atoms with Crippen LogP contribution in [0.25, 0.3) is 0 Å². The molecule has 0 saturated heterocycles. The largest absolute Gasteiger partial charge is 0.491 e. The Balaban J connectivity index is 2.73. The highest BCUT2D eigenvalue weighted by Crippen LogP contribution is 2.17. The summed E-state index contributed by atoms with van der Waals surface area (Å²) in [5, 5.41) is 2.96. The highest BCUT2D eigenvalue weighted by Gasteiger charge is 2.31. The van der Waals surface area contributed by atoms with Crippen LogP contribution in [0.2, 0.25) is 0 Å². The molecule has 0 heterocycles. The molecule has 3 N–H and O–H groups in total. The summed E-state index contributed by atoms with van der Waals surface area (Å²) in [5.41, 5.74) is 4.22. The van der Waals surface area contributed by atoms with E-state index in [1.165, 1.54) is 0 Å². The molecule has 1 rings (SSSR count). The summed E-state index contributed by atoms with van der Waals surface area (Å²) in [6.07, 6.45) is 0.817. The molecule has 0 spiro atoms. The summed E-state index contributed by atoms with van der Waals surface area (Å²) in [4.78, 5) is 11.4. The Morgan fingerprint density at radius 3 is 2.42 bits per heavy atom. The fourth-order valence-electron chi connectivity index (χ4n) is 1.45. The second-order valence-electron chi connectivity index (χ2n) is 4.52. The smallest absolute Gasteiger partial charge is 0.240 e. The van der Waals surface area contributed by atoms with Gasteiger partial charge in [0.05, 0.1) is 0 Å². The molecule has 0 bridgehead atoms. The number of ether oxygens (including phenoxy) is 1. The molecule has 19 heavy (non-hydrogen) atoms. The minimum atomic E-state index is -1.08. The van der Waals surface area contributed by atoms with E-state index in [2.05, 4.69) is 5.32 Å². The number of carbonyl (C=O) groups is 1. The Kier molecular flexibility index (Phi) is 5.23. The first-order valence-electron chi connectivity index (χ1n) is 6.01. The second-order valence-corrected chi connectivity index (χ2v) is 4.52. The number of halogens is 2. The summed E-state index contributed by atoms with van der Waals surface area (Å²) in [6.45, 7) is 4.00. The van der Waals surface area contributed by atoms with Gasteiger partial charge >= 0.3 is 0 Å². The van der Waals surface area contributed by atoms with Gasteiger partial charge in [0, 0.05) is 18.2 Å². The van der Waals surface area contributed by atoms with Crippen molar-refractivity contribution in [2.24, 2.45) is 5.73 Å². The number of primary amides is 1. The fourth-order valence-corrected chi connectivity index (χ4v) is 1.45. The van der Waals surface area contributed by atoms with Gasteiger partial charge in [0.25, 0.3) is 0 Å². The lowest BCUT2D eigenvalue weighted by atomic mass is 10.0. The predicted octanol–water partition coefficient (Wildman–Crippen LogP) is 1.59. The first-order valence-corrected chi connectivity index (χ1v) is 6.01. The number of rotatable bonds is 7. The van der Waals surface area contributed by atoms with E-state index in [9.17, 15) is 13.6 Å². The molecule has 0 saturated carbocycles. The molecule has 1 amide bonds. The zero-order valence-electron chi connectivity index (χ0n) is 11.0. The van der Waals surface area contributed by atoms with Gasteiger partial charge in [-0.05, 0) is 19.9 Å². The van der Waals surface area contributed by atoms with Crippen LogP contribution in [0.15, 0.2) is 18.2 Å². The van der Waals surface area contributed by atoms with Crippen LogP contribution in [0.1, 0.15) is 20.3 Å². The van der Waals surface area contributed by atoms with Crippen molar-refractivity contribution in [2.75, 3.05) is 13.2 Å². The summed E-state index contributed by atoms with van der Waals surface area (Å²) >= 11 is 0. The number of hydrogen-bond acceptors (Lipinski definition) is 3. The molecule has 0 fully saturated rings. The predicted molar refractivity (Wildman–Crippen MR) is 67.7 cm³/mol. The number of carbonyl (C=O) groups excluding carboxylic acids is 1. The lowest BCUT2D eigenvalue weighted by molar-refractivity contribution is -0.125. The zero-order chi connectivity index (χ0) is 14.5. The van der Waals surface area contributed by atoms with Crippen molar-refractivity contribution in [3.8, 4) is 5.75 Å². The van der Waals surface area contributed by atoms with Gasteiger partial charge < -0.3 is 15.8 Å². The highest BCUT2D eigenvalue weighted by atomic mass is 19.1. The first-order chi connectivity index (χ1) is 8.87. The normalized spacial score (nSPS) is 13.9. The molecule has 0 aliphatic carbocycles. The Bertz CT molecular complexity index is 434. The Labute approximate surface area is 110 Å². The van der Waals surface area contributed by atoms with Crippen molar-refractivity contribution in [1.82, 2.24) is 5.32 Å². The van der Waals surface area contributed by atoms with E-state index in [0.717, 1.165) is 24.6 Å². The van der Waals surface area contributed by atoms with Crippen molar-refractivity contribution >= 4 is 5.91 Å². The molecular weight excluding hydrogens is 254 g/mol. The van der Waals surface area contributed by atoms with E-state index < -0.39 is 23.1 Å². The van der Waals surface area contributed by atoms with E-state index in [1.54, 1.807) is 6.92 Å². The molecule has 6 heteroatoms. The van der Waals surface area contributed by atoms with Crippen molar-refractivity contribution in [1.29, 1.82) is 0 Å². The molecule has 0 aliphatic heterocycles. The van der Waals surface area contributed by atoms with E-state index in [0.29, 0.717) is 6.54 Å². The quantitative estimate of drug-likeness (QED) is 0.792. The zero-order valence-corrected chi connectivity index (χ0v) is 11.0. The average molecular weight is 272 g/mol. The standard InChI is InChI=1S/C13H18F2N2O2/c1-3-4-17-13(2,12(16)18)8-19-11-6-9(14)5-10(15)7-11/h5-7,17H,3-4,8H2,1-2H3,(H2,16,18). The van der Waals surface area contributed by atoms with E-state index in [4.69, 9.17) is 10.5 Å². The monoisotopic (exact) mass is 272 g/mol. The third kappa shape index (κ3) is 4.48. The summed E-state index contributed by atoms with van der Waals surface area (Å²) in [7, 11) is 0. The maximum Gasteiger partial charge on any atom is 0.240 e. The van der Waals surface area contributed by atoms with Gasteiger partial charge in [0.15, 0.2) is 0 Å². The van der Waals surface area contributed by atoms with Gasteiger partial charge in [0.1, 0.15) is 29.5 Å². The van der Waals surface area contributed by atoms with Gasteiger partial charge in [-0.15, -0.1) is 0 Å². The molecule has 1 aromatic carbocycles. The van der Waals surface area contributed by atoms with Crippen molar-refractivity contribution in [3.05, 3.63) is 29.8 Å². The minimum absolute atomic E-state index is 0.0169. The van der Waals surface area contributed by atoms with Gasteiger partial charge in [-0.3, -0.25) is 4.79 Å². The number of amides is 1. The molecule has 0 aromatic heterocycles. The van der Waals surface area contributed by atoms with E-state index in [1.807, 2.05) is 6.92 Å². The van der Waals surface area contributed by atoms with Crippen LogP contribution < -0.4 is 15.8 Å². The second kappa shape index (κ2) is 6.47. The van der Waals surface area contributed by atoms with Crippen molar-refractivity contribution < 1.29 is 18.3 Å². The summed E-state index contributed by atoms with van der Waals surface area (Å²) in [5.74, 6) is -2.05. The fraction of sp³-hybridized carbons (Fsp3) is 0.462. The van der Waals surface area contributed by atoms with Crippen LogP contribution in [-0.4, -0.2) is 24.6 Å². The highest BCUT2D eigenvalue weighted by molar-refractivity contribution is 5.84. The summed E-state index contributed by atoms with van der Waals surface area (Å²) in [6, 6.07) is 2.84. The number of hydrogen-bond donors (Lipinski definition) is 2. The maximum absolute atomic E-state index is 13.0. The molecule has 4 nitrogen and oxygen atoms in total. The molecule has 1 aromatic rings. The Morgan fingerprint density at radius 2 is 1.95 bits per heavy atom. The average Bonchev–Trinajstić information content (AvgIpc) is 2.32. The first kappa shape index (κ1) is 15.4. The number of nitrogens with one attached hydrogen (secondary N) is 1. The van der Waals surface area contributed by atoms with Crippen LogP contribution >= 0.6 is 0 Å². The van der Waals surface area contributed by atoms with E-state index in [-0.39, 0.29) is 12.4 Å². The van der Waals surface area contributed by atoms with Crippen LogP contribution in [-0.2, 0) is 4.79 Å². The van der Waals surface area contributed by atoms with Crippen LogP contribution in [0.5, 0.6) is 5.75 Å². The summed E-state index contributed by atoms with van der Waals surface area (Å²) < 4.78 is 31.2. The molecule has 0 radical (unpaired) electrons. The lowest BCUT2D eigenvalue weighted by Crippen LogP contribution is -2.57. The van der Waals surface area contributed by atoms with Crippen LogP contribution in [0, 0.1) is 11.6 Å². The minimum Gasteiger partial charge on any atom is -0.491 e. The molecule has 106 valence electrons. The van der Waals surface area contributed by atoms with Gasteiger partial charge in [0.2, 0.25) is 5.91 Å².